The van der Waals surface area contributed by atoms with Gasteiger partial charge in [0.1, 0.15) is 5.03 Å². The molecule has 1 heterocycles. The first-order valence-corrected chi connectivity index (χ1v) is 8.37. The molecule has 0 radical (unpaired) electrons. The first-order chi connectivity index (χ1) is 10.3. The van der Waals surface area contributed by atoms with E-state index in [1.54, 1.807) is 0 Å². The molecule has 2 rings (SSSR count). The molecular weight excluding hydrogens is 276 g/mol. The van der Waals surface area contributed by atoms with Crippen LogP contribution in [0.25, 0.3) is 11.1 Å². The summed E-state index contributed by atoms with van der Waals surface area (Å²) in [5.41, 5.74) is 3.71. The van der Waals surface area contributed by atoms with Crippen molar-refractivity contribution in [3.8, 4) is 17.2 Å². The highest BCUT2D eigenvalue weighted by Crippen LogP contribution is 2.30. The molecule has 0 spiro atoms. The number of thioether (sulfide) groups is 1. The van der Waals surface area contributed by atoms with E-state index in [1.165, 1.54) is 16.7 Å². The number of unbranched alkanes of at least 4 members (excludes halogenated alkanes) is 1. The third kappa shape index (κ3) is 4.61. The predicted molar refractivity (Wildman–Crippen MR) is 89.2 cm³/mol. The van der Waals surface area contributed by atoms with Crippen LogP contribution >= 0.6 is 11.8 Å². The summed E-state index contributed by atoms with van der Waals surface area (Å²) < 4.78 is 0. The van der Waals surface area contributed by atoms with Gasteiger partial charge in [-0.2, -0.15) is 5.26 Å². The molecule has 0 atom stereocenters. The fourth-order valence-corrected chi connectivity index (χ4v) is 3.02. The van der Waals surface area contributed by atoms with Gasteiger partial charge in [0.15, 0.2) is 0 Å². The summed E-state index contributed by atoms with van der Waals surface area (Å²) in [6.07, 6.45) is 5.54. The Hall–Kier alpha value is -1.79. The Morgan fingerprint density at radius 1 is 1.19 bits per heavy atom. The second kappa shape index (κ2) is 8.49. The van der Waals surface area contributed by atoms with E-state index >= 15 is 0 Å². The third-order valence-corrected chi connectivity index (χ3v) is 4.44. The minimum atomic E-state index is 0.627. The second-order valence-electron chi connectivity index (χ2n) is 4.91. The number of aryl methyl sites for hydroxylation is 1. The van der Waals surface area contributed by atoms with Crippen molar-refractivity contribution in [2.75, 3.05) is 5.75 Å². The highest BCUT2D eigenvalue weighted by molar-refractivity contribution is 7.99. The van der Waals surface area contributed by atoms with Crippen molar-refractivity contribution in [2.24, 2.45) is 0 Å². The van der Waals surface area contributed by atoms with E-state index in [2.05, 4.69) is 48.3 Å². The summed E-state index contributed by atoms with van der Waals surface area (Å²) in [6, 6.07) is 15.0. The number of pyridine rings is 1. The Balaban J connectivity index is 2.13. The molecule has 0 saturated heterocycles. The van der Waals surface area contributed by atoms with E-state index in [9.17, 15) is 0 Å². The van der Waals surface area contributed by atoms with E-state index in [1.807, 2.05) is 24.0 Å². The van der Waals surface area contributed by atoms with E-state index < -0.39 is 0 Å². The molecular formula is C18H20N2S. The number of benzene rings is 1. The van der Waals surface area contributed by atoms with Gasteiger partial charge in [-0.05, 0) is 42.2 Å². The van der Waals surface area contributed by atoms with Gasteiger partial charge in [-0.25, -0.2) is 4.98 Å². The number of hydrogen-bond acceptors (Lipinski definition) is 3. The summed E-state index contributed by atoms with van der Waals surface area (Å²) in [5.74, 6) is 1.09. The zero-order valence-corrected chi connectivity index (χ0v) is 13.2. The summed E-state index contributed by atoms with van der Waals surface area (Å²) in [5, 5.41) is 9.69. The molecule has 0 aliphatic heterocycles. The zero-order valence-electron chi connectivity index (χ0n) is 12.4. The monoisotopic (exact) mass is 296 g/mol. The highest BCUT2D eigenvalue weighted by atomic mass is 32.2. The van der Waals surface area contributed by atoms with Crippen LogP contribution in [0.1, 0.15) is 31.7 Å². The maximum Gasteiger partial charge on any atom is 0.104 e. The molecule has 108 valence electrons. The first-order valence-electron chi connectivity index (χ1n) is 7.39. The lowest BCUT2D eigenvalue weighted by Gasteiger charge is -2.08. The quantitative estimate of drug-likeness (QED) is 0.527. The van der Waals surface area contributed by atoms with Crippen molar-refractivity contribution >= 4 is 11.8 Å². The van der Waals surface area contributed by atoms with Crippen LogP contribution < -0.4 is 0 Å². The second-order valence-corrected chi connectivity index (χ2v) is 6.00. The van der Waals surface area contributed by atoms with Gasteiger partial charge in [-0.15, -0.1) is 11.8 Å². The molecule has 2 nitrogen and oxygen atoms in total. The minimum absolute atomic E-state index is 0.627. The van der Waals surface area contributed by atoms with Gasteiger partial charge in [0.25, 0.3) is 0 Å². The van der Waals surface area contributed by atoms with E-state index in [0.29, 0.717) is 6.42 Å². The number of hydrogen-bond donors (Lipinski definition) is 0. The van der Waals surface area contributed by atoms with Gasteiger partial charge >= 0.3 is 0 Å². The van der Waals surface area contributed by atoms with Crippen LogP contribution in [0.3, 0.4) is 0 Å². The minimum Gasteiger partial charge on any atom is -0.249 e. The standard InChI is InChI=1S/C18H20N2S/c1-2-14-21-18-17(7-5-13-20-18)16-10-8-15(9-11-16)6-3-4-12-19/h5,7-11,13H,2-4,6,14H2,1H3. The van der Waals surface area contributed by atoms with Gasteiger partial charge in [0.2, 0.25) is 0 Å². The predicted octanol–water partition coefficient (Wildman–Crippen LogP) is 5.10. The Labute approximate surface area is 131 Å². The summed E-state index contributed by atoms with van der Waals surface area (Å²) in [4.78, 5) is 4.50. The van der Waals surface area contributed by atoms with Gasteiger partial charge in [-0.1, -0.05) is 37.3 Å². The fraction of sp³-hybridized carbons (Fsp3) is 0.333. The van der Waals surface area contributed by atoms with Gasteiger partial charge in [0.05, 0.1) is 6.07 Å². The Morgan fingerprint density at radius 3 is 2.71 bits per heavy atom. The van der Waals surface area contributed by atoms with Crippen molar-refractivity contribution in [1.29, 1.82) is 5.26 Å². The molecule has 0 N–H and O–H groups in total. The zero-order chi connectivity index (χ0) is 14.9. The number of nitrogens with zero attached hydrogens (tertiary/aromatic N) is 2. The van der Waals surface area contributed by atoms with Crippen molar-refractivity contribution in [3.05, 3.63) is 48.2 Å². The SMILES string of the molecule is CCCSc1ncccc1-c1ccc(CCCC#N)cc1. The Morgan fingerprint density at radius 2 is 2.00 bits per heavy atom. The lowest BCUT2D eigenvalue weighted by Crippen LogP contribution is -1.89. The largest absolute Gasteiger partial charge is 0.249 e. The van der Waals surface area contributed by atoms with Crippen LogP contribution in [0.15, 0.2) is 47.6 Å². The highest BCUT2D eigenvalue weighted by Gasteiger charge is 2.06. The van der Waals surface area contributed by atoms with Crippen LogP contribution in [-0.4, -0.2) is 10.7 Å². The third-order valence-electron chi connectivity index (χ3n) is 3.23. The van der Waals surface area contributed by atoms with Crippen molar-refractivity contribution in [1.82, 2.24) is 4.98 Å². The molecule has 0 aliphatic rings. The van der Waals surface area contributed by atoms with Crippen molar-refractivity contribution < 1.29 is 0 Å². The van der Waals surface area contributed by atoms with Crippen molar-refractivity contribution in [3.63, 3.8) is 0 Å². The molecule has 3 heteroatoms. The topological polar surface area (TPSA) is 36.7 Å². The summed E-state index contributed by atoms with van der Waals surface area (Å²) >= 11 is 1.82. The summed E-state index contributed by atoms with van der Waals surface area (Å²) in [7, 11) is 0. The fourth-order valence-electron chi connectivity index (χ4n) is 2.15. The Kier molecular flexibility index (Phi) is 6.30. The maximum absolute atomic E-state index is 8.58. The average molecular weight is 296 g/mol. The van der Waals surface area contributed by atoms with E-state index in [-0.39, 0.29) is 0 Å². The van der Waals surface area contributed by atoms with Crippen LogP contribution in [-0.2, 0) is 6.42 Å². The molecule has 2 aromatic rings. The van der Waals surface area contributed by atoms with Gasteiger partial charge in [-0.3, -0.25) is 0 Å². The van der Waals surface area contributed by atoms with Gasteiger partial charge in [0, 0.05) is 18.2 Å². The maximum atomic E-state index is 8.58. The normalized spacial score (nSPS) is 10.3. The van der Waals surface area contributed by atoms with E-state index in [0.717, 1.165) is 30.0 Å². The molecule has 0 amide bonds. The van der Waals surface area contributed by atoms with Crippen LogP contribution in [0.2, 0.25) is 0 Å². The molecule has 1 aromatic heterocycles. The molecule has 0 aliphatic carbocycles. The number of aromatic nitrogens is 1. The molecule has 0 unspecified atom stereocenters. The lowest BCUT2D eigenvalue weighted by molar-refractivity contribution is 0.850. The average Bonchev–Trinajstić information content (AvgIpc) is 2.54. The van der Waals surface area contributed by atoms with Crippen LogP contribution in [0, 0.1) is 11.3 Å². The number of rotatable bonds is 7. The van der Waals surface area contributed by atoms with Crippen molar-refractivity contribution in [2.45, 2.75) is 37.6 Å². The molecule has 21 heavy (non-hydrogen) atoms. The first kappa shape index (κ1) is 15.6. The lowest BCUT2D eigenvalue weighted by atomic mass is 10.0. The van der Waals surface area contributed by atoms with Gasteiger partial charge < -0.3 is 0 Å². The smallest absolute Gasteiger partial charge is 0.104 e. The Bertz CT molecular complexity index is 599. The number of nitriles is 1. The van der Waals surface area contributed by atoms with E-state index in [4.69, 9.17) is 5.26 Å². The van der Waals surface area contributed by atoms with Crippen LogP contribution in [0.5, 0.6) is 0 Å². The molecule has 1 aromatic carbocycles. The molecule has 0 saturated carbocycles. The molecule has 0 bridgehead atoms. The van der Waals surface area contributed by atoms with Crippen LogP contribution in [0.4, 0.5) is 0 Å². The molecule has 0 fully saturated rings. The summed E-state index contributed by atoms with van der Waals surface area (Å²) in [6.45, 7) is 2.19.